The van der Waals surface area contributed by atoms with Gasteiger partial charge in [0.1, 0.15) is 0 Å². The summed E-state index contributed by atoms with van der Waals surface area (Å²) in [5, 5.41) is 7.21. The van der Waals surface area contributed by atoms with Crippen LogP contribution in [0.3, 0.4) is 0 Å². The van der Waals surface area contributed by atoms with Gasteiger partial charge in [-0.25, -0.2) is 12.7 Å². The number of sulfonamides is 1. The molecule has 1 atom stereocenters. The Kier molecular flexibility index (Phi) is 11.0. The molecule has 0 bridgehead atoms. The topological polar surface area (TPSA) is 73.8 Å². The molecule has 1 unspecified atom stereocenters. The average Bonchev–Trinajstić information content (AvgIpc) is 2.66. The lowest BCUT2D eigenvalue weighted by molar-refractivity contribution is 0.306. The molecule has 1 aliphatic rings. The molecular formula is C18H31IN4O2S2. The monoisotopic (exact) mass is 526 g/mol. The summed E-state index contributed by atoms with van der Waals surface area (Å²) in [7, 11) is -1.31. The first-order valence-electron chi connectivity index (χ1n) is 9.11. The predicted octanol–water partition coefficient (Wildman–Crippen LogP) is 2.76. The van der Waals surface area contributed by atoms with Gasteiger partial charge in [0.25, 0.3) is 0 Å². The van der Waals surface area contributed by atoms with Gasteiger partial charge in [-0.15, -0.1) is 35.7 Å². The number of halogens is 1. The van der Waals surface area contributed by atoms with Crippen LogP contribution in [0.1, 0.15) is 26.7 Å². The number of rotatable bonds is 7. The van der Waals surface area contributed by atoms with Gasteiger partial charge in [0.05, 0.1) is 5.75 Å². The van der Waals surface area contributed by atoms with Crippen molar-refractivity contribution in [3.63, 3.8) is 0 Å². The Balaban J connectivity index is 0.00000364. The van der Waals surface area contributed by atoms with Crippen molar-refractivity contribution in [3.8, 4) is 0 Å². The molecule has 2 N–H and O–H groups in total. The molecule has 0 amide bonds. The summed E-state index contributed by atoms with van der Waals surface area (Å²) in [6, 6.07) is 10.6. The molecule has 154 valence electrons. The van der Waals surface area contributed by atoms with Crippen molar-refractivity contribution >= 4 is 51.7 Å². The largest absolute Gasteiger partial charge is 0.355 e. The van der Waals surface area contributed by atoms with Gasteiger partial charge < -0.3 is 10.6 Å². The number of nitrogens with zero attached hydrogens (tertiary/aromatic N) is 2. The molecule has 27 heavy (non-hydrogen) atoms. The smallest absolute Gasteiger partial charge is 0.213 e. The van der Waals surface area contributed by atoms with Crippen LogP contribution in [-0.2, 0) is 10.0 Å². The van der Waals surface area contributed by atoms with Crippen molar-refractivity contribution < 1.29 is 8.42 Å². The molecule has 1 saturated heterocycles. The molecule has 0 aromatic heterocycles. The molecular weight excluding hydrogens is 495 g/mol. The summed E-state index contributed by atoms with van der Waals surface area (Å²) in [4.78, 5) is 5.56. The first-order valence-corrected chi connectivity index (χ1v) is 11.6. The molecule has 1 aliphatic heterocycles. The maximum atomic E-state index is 11.9. The number of thioether (sulfide) groups is 1. The third-order valence-electron chi connectivity index (χ3n) is 4.41. The third kappa shape index (κ3) is 8.16. The van der Waals surface area contributed by atoms with Crippen LogP contribution in [-0.4, -0.2) is 62.4 Å². The van der Waals surface area contributed by atoms with Crippen LogP contribution in [0.5, 0.6) is 0 Å². The summed E-state index contributed by atoms with van der Waals surface area (Å²) < 4.78 is 25.5. The second kappa shape index (κ2) is 12.1. The average molecular weight is 527 g/mol. The number of guanidine groups is 1. The van der Waals surface area contributed by atoms with E-state index < -0.39 is 10.0 Å². The quantitative estimate of drug-likeness (QED) is 0.248. The van der Waals surface area contributed by atoms with Crippen LogP contribution < -0.4 is 10.6 Å². The van der Waals surface area contributed by atoms with E-state index in [1.54, 1.807) is 18.3 Å². The van der Waals surface area contributed by atoms with E-state index in [9.17, 15) is 8.42 Å². The van der Waals surface area contributed by atoms with Crippen LogP contribution in [0.4, 0.5) is 0 Å². The van der Waals surface area contributed by atoms with Gasteiger partial charge in [0.2, 0.25) is 10.0 Å². The van der Waals surface area contributed by atoms with Crippen LogP contribution >= 0.6 is 35.7 Å². The minimum Gasteiger partial charge on any atom is -0.355 e. The summed E-state index contributed by atoms with van der Waals surface area (Å²) in [5.74, 6) is 0.952. The zero-order valence-electron chi connectivity index (χ0n) is 16.2. The Hall–Kier alpha value is -0.520. The Morgan fingerprint density at radius 1 is 1.30 bits per heavy atom. The fourth-order valence-corrected chi connectivity index (χ4v) is 4.94. The van der Waals surface area contributed by atoms with Crippen LogP contribution in [0.2, 0.25) is 0 Å². The highest BCUT2D eigenvalue weighted by molar-refractivity contribution is 14.0. The fourth-order valence-electron chi connectivity index (χ4n) is 2.86. The van der Waals surface area contributed by atoms with Crippen LogP contribution in [0.25, 0.3) is 0 Å². The van der Waals surface area contributed by atoms with Crippen molar-refractivity contribution in [2.24, 2.45) is 4.99 Å². The number of hydrogen-bond acceptors (Lipinski definition) is 4. The summed E-state index contributed by atoms with van der Waals surface area (Å²) in [5.41, 5.74) is 0. The Labute approximate surface area is 185 Å². The maximum Gasteiger partial charge on any atom is 0.213 e. The normalized spacial score (nSPS) is 17.8. The van der Waals surface area contributed by atoms with E-state index in [-0.39, 0.29) is 35.8 Å². The van der Waals surface area contributed by atoms with E-state index in [0.717, 1.165) is 25.3 Å². The van der Waals surface area contributed by atoms with Gasteiger partial charge >= 0.3 is 0 Å². The Morgan fingerprint density at radius 2 is 1.93 bits per heavy atom. The van der Waals surface area contributed by atoms with Gasteiger partial charge in [-0.3, -0.25) is 4.99 Å². The summed E-state index contributed by atoms with van der Waals surface area (Å²) >= 11 is 1.83. The summed E-state index contributed by atoms with van der Waals surface area (Å²) in [6.45, 7) is 5.84. The molecule has 0 radical (unpaired) electrons. The highest BCUT2D eigenvalue weighted by Crippen LogP contribution is 2.22. The molecule has 2 rings (SSSR count). The van der Waals surface area contributed by atoms with E-state index in [4.69, 9.17) is 0 Å². The molecule has 1 aromatic rings. The molecule has 1 aromatic carbocycles. The minimum atomic E-state index is -3.07. The lowest BCUT2D eigenvalue weighted by atomic mass is 10.1. The number of nitrogens with one attached hydrogen (secondary N) is 2. The zero-order chi connectivity index (χ0) is 19.0. The molecule has 6 nitrogen and oxygen atoms in total. The first kappa shape index (κ1) is 24.5. The lowest BCUT2D eigenvalue weighted by Crippen LogP contribution is -2.50. The molecule has 0 aliphatic carbocycles. The van der Waals surface area contributed by atoms with Crippen molar-refractivity contribution in [3.05, 3.63) is 30.3 Å². The lowest BCUT2D eigenvalue weighted by Gasteiger charge is -2.32. The van der Waals surface area contributed by atoms with Crippen molar-refractivity contribution in [1.82, 2.24) is 14.9 Å². The third-order valence-corrected chi connectivity index (χ3v) is 7.41. The van der Waals surface area contributed by atoms with E-state index in [1.165, 1.54) is 4.90 Å². The van der Waals surface area contributed by atoms with Gasteiger partial charge in [0, 0.05) is 42.9 Å². The van der Waals surface area contributed by atoms with Gasteiger partial charge in [-0.1, -0.05) is 25.1 Å². The minimum absolute atomic E-state index is 0. The van der Waals surface area contributed by atoms with Gasteiger partial charge in [0.15, 0.2) is 5.96 Å². The first-order chi connectivity index (χ1) is 12.4. The van der Waals surface area contributed by atoms with E-state index in [1.807, 2.05) is 30.0 Å². The molecule has 9 heteroatoms. The number of piperidine rings is 1. The SMILES string of the molecule is CCS(=O)(=O)N1CCC(NC(=NC)NCC(C)Sc2ccccc2)CC1.I. The van der Waals surface area contributed by atoms with Crippen molar-refractivity contribution in [2.75, 3.05) is 32.4 Å². The molecule has 0 spiro atoms. The van der Waals surface area contributed by atoms with Crippen molar-refractivity contribution in [1.29, 1.82) is 0 Å². The maximum absolute atomic E-state index is 11.9. The highest BCUT2D eigenvalue weighted by atomic mass is 127. The second-order valence-electron chi connectivity index (χ2n) is 6.41. The number of hydrogen-bond donors (Lipinski definition) is 2. The number of aliphatic imine (C=N–C) groups is 1. The Bertz CT molecular complexity index is 678. The van der Waals surface area contributed by atoms with Crippen LogP contribution in [0.15, 0.2) is 40.2 Å². The fraction of sp³-hybridized carbons (Fsp3) is 0.611. The van der Waals surface area contributed by atoms with E-state index in [2.05, 4.69) is 34.7 Å². The van der Waals surface area contributed by atoms with Gasteiger partial charge in [-0.2, -0.15) is 0 Å². The van der Waals surface area contributed by atoms with Gasteiger partial charge in [-0.05, 0) is 31.9 Å². The van der Waals surface area contributed by atoms with E-state index in [0.29, 0.717) is 18.3 Å². The van der Waals surface area contributed by atoms with Crippen LogP contribution in [0, 0.1) is 0 Å². The Morgan fingerprint density at radius 3 is 2.48 bits per heavy atom. The highest BCUT2D eigenvalue weighted by Gasteiger charge is 2.27. The molecule has 0 saturated carbocycles. The standard InChI is InChI=1S/C18H30N4O2S2.HI/c1-4-26(23,24)22-12-10-16(11-13-22)21-18(19-3)20-14-15(2)25-17-8-6-5-7-9-17;/h5-9,15-16H,4,10-14H2,1-3H3,(H2,19,20,21);1H. The van der Waals surface area contributed by atoms with E-state index >= 15 is 0 Å². The number of benzene rings is 1. The zero-order valence-corrected chi connectivity index (χ0v) is 20.2. The molecule has 1 heterocycles. The predicted molar refractivity (Wildman–Crippen MR) is 126 cm³/mol. The molecule has 1 fully saturated rings. The summed E-state index contributed by atoms with van der Waals surface area (Å²) in [6.07, 6.45) is 1.60. The van der Waals surface area contributed by atoms with Crippen molar-refractivity contribution in [2.45, 2.75) is 42.9 Å². The second-order valence-corrected chi connectivity index (χ2v) is 10.2.